The van der Waals surface area contributed by atoms with Gasteiger partial charge >= 0.3 is 6.18 Å². The van der Waals surface area contributed by atoms with Crippen LogP contribution in [0.3, 0.4) is 0 Å². The van der Waals surface area contributed by atoms with E-state index in [2.05, 4.69) is 15.2 Å². The number of aromatic nitrogens is 1. The van der Waals surface area contributed by atoms with Gasteiger partial charge in [-0.25, -0.2) is 4.98 Å². The Morgan fingerprint density at radius 2 is 2.00 bits per heavy atom. The zero-order valence-corrected chi connectivity index (χ0v) is 13.4. The van der Waals surface area contributed by atoms with Crippen molar-refractivity contribution in [1.29, 1.82) is 0 Å². The van der Waals surface area contributed by atoms with E-state index in [1.165, 1.54) is 6.07 Å². The van der Waals surface area contributed by atoms with Gasteiger partial charge in [-0.1, -0.05) is 0 Å². The summed E-state index contributed by atoms with van der Waals surface area (Å²) in [6, 6.07) is 2.84. The molecule has 0 unspecified atom stereocenters. The highest BCUT2D eigenvalue weighted by atomic mass is 19.4. The molecule has 0 atom stereocenters. The average molecular weight is 342 g/mol. The number of anilines is 1. The van der Waals surface area contributed by atoms with E-state index in [0.717, 1.165) is 44.6 Å². The minimum atomic E-state index is -4.37. The molecule has 5 nitrogen and oxygen atoms in total. The van der Waals surface area contributed by atoms with Gasteiger partial charge < -0.3 is 10.2 Å². The van der Waals surface area contributed by atoms with E-state index < -0.39 is 11.7 Å². The van der Waals surface area contributed by atoms with Crippen LogP contribution in [-0.2, 0) is 11.0 Å². The van der Waals surface area contributed by atoms with Crippen LogP contribution in [0.15, 0.2) is 18.3 Å². The van der Waals surface area contributed by atoms with E-state index in [1.807, 2.05) is 4.90 Å². The van der Waals surface area contributed by atoms with Crippen LogP contribution in [0, 0.1) is 0 Å². The van der Waals surface area contributed by atoms with Crippen molar-refractivity contribution in [2.24, 2.45) is 0 Å². The van der Waals surface area contributed by atoms with E-state index >= 15 is 0 Å². The van der Waals surface area contributed by atoms with Crippen LogP contribution in [0.2, 0.25) is 0 Å². The molecule has 0 radical (unpaired) electrons. The second-order valence-corrected chi connectivity index (χ2v) is 6.36. The highest BCUT2D eigenvalue weighted by Gasteiger charge is 2.31. The van der Waals surface area contributed by atoms with Gasteiger partial charge in [0.05, 0.1) is 12.1 Å². The number of halogens is 3. The third kappa shape index (κ3) is 4.59. The fraction of sp³-hybridized carbons (Fsp3) is 0.625. The normalized spacial score (nSPS) is 19.9. The van der Waals surface area contributed by atoms with Crippen molar-refractivity contribution in [2.75, 3.05) is 37.6 Å². The first-order chi connectivity index (χ1) is 11.4. The molecule has 1 aromatic heterocycles. The SMILES string of the molecule is O=C(CN1CCCN(c2ccc(C(F)(F)F)cn2)CC1)NC1CC1. The summed E-state index contributed by atoms with van der Waals surface area (Å²) in [5.41, 5.74) is -0.737. The number of carbonyl (C=O) groups is 1. The number of carbonyl (C=O) groups excluding carboxylic acids is 1. The van der Waals surface area contributed by atoms with Gasteiger partial charge in [0.15, 0.2) is 0 Å². The van der Waals surface area contributed by atoms with Crippen LogP contribution in [0.1, 0.15) is 24.8 Å². The second-order valence-electron chi connectivity index (χ2n) is 6.36. The standard InChI is InChI=1S/C16H21F3N4O/c17-16(18,19)12-2-5-14(20-10-12)23-7-1-6-22(8-9-23)11-15(24)21-13-3-4-13/h2,5,10,13H,1,3-4,6-9,11H2,(H,21,24). The summed E-state index contributed by atoms with van der Waals surface area (Å²) in [5, 5.41) is 2.97. The Morgan fingerprint density at radius 3 is 2.62 bits per heavy atom. The Balaban J connectivity index is 1.53. The first kappa shape index (κ1) is 17.0. The Morgan fingerprint density at radius 1 is 1.21 bits per heavy atom. The maximum Gasteiger partial charge on any atom is 0.417 e. The summed E-state index contributed by atoms with van der Waals surface area (Å²) in [6.07, 6.45) is -0.505. The Hall–Kier alpha value is -1.83. The molecule has 0 spiro atoms. The van der Waals surface area contributed by atoms with Gasteiger partial charge in [-0.05, 0) is 31.4 Å². The van der Waals surface area contributed by atoms with E-state index in [4.69, 9.17) is 0 Å². The molecule has 2 aliphatic rings. The monoisotopic (exact) mass is 342 g/mol. The first-order valence-electron chi connectivity index (χ1n) is 8.22. The summed E-state index contributed by atoms with van der Waals surface area (Å²) in [7, 11) is 0. The smallest absolute Gasteiger partial charge is 0.355 e. The van der Waals surface area contributed by atoms with Crippen molar-refractivity contribution in [1.82, 2.24) is 15.2 Å². The van der Waals surface area contributed by atoms with E-state index in [1.54, 1.807) is 0 Å². The topological polar surface area (TPSA) is 48.5 Å². The predicted molar refractivity (Wildman–Crippen MR) is 83.7 cm³/mol. The number of amides is 1. The molecule has 1 aliphatic carbocycles. The van der Waals surface area contributed by atoms with Crippen molar-refractivity contribution in [3.63, 3.8) is 0 Å². The van der Waals surface area contributed by atoms with Gasteiger partial charge in [0, 0.05) is 38.4 Å². The molecule has 1 amide bonds. The summed E-state index contributed by atoms with van der Waals surface area (Å²) in [6.45, 7) is 3.25. The molecule has 132 valence electrons. The van der Waals surface area contributed by atoms with Crippen LogP contribution in [0.4, 0.5) is 19.0 Å². The van der Waals surface area contributed by atoms with Crippen molar-refractivity contribution in [2.45, 2.75) is 31.5 Å². The molecule has 0 bridgehead atoms. The molecule has 2 heterocycles. The third-order valence-corrected chi connectivity index (χ3v) is 4.30. The lowest BCUT2D eigenvalue weighted by Crippen LogP contribution is -2.40. The highest BCUT2D eigenvalue weighted by molar-refractivity contribution is 5.78. The predicted octanol–water partition coefficient (Wildman–Crippen LogP) is 1.89. The maximum atomic E-state index is 12.6. The summed E-state index contributed by atoms with van der Waals surface area (Å²) in [4.78, 5) is 19.9. The number of hydrogen-bond acceptors (Lipinski definition) is 4. The Bertz CT molecular complexity index is 572. The zero-order valence-electron chi connectivity index (χ0n) is 13.4. The van der Waals surface area contributed by atoms with Gasteiger partial charge in [0.2, 0.25) is 5.91 Å². The average Bonchev–Trinajstić information content (AvgIpc) is 3.34. The fourth-order valence-corrected chi connectivity index (χ4v) is 2.80. The van der Waals surface area contributed by atoms with Crippen LogP contribution < -0.4 is 10.2 Å². The van der Waals surface area contributed by atoms with Crippen LogP contribution in [0.25, 0.3) is 0 Å². The number of alkyl halides is 3. The molecular formula is C16H21F3N4O. The van der Waals surface area contributed by atoms with Gasteiger partial charge in [0.1, 0.15) is 5.82 Å². The Labute approximate surface area is 138 Å². The van der Waals surface area contributed by atoms with Crippen molar-refractivity contribution >= 4 is 11.7 Å². The number of hydrogen-bond donors (Lipinski definition) is 1. The van der Waals surface area contributed by atoms with E-state index in [-0.39, 0.29) is 5.91 Å². The molecule has 1 saturated heterocycles. The molecule has 2 fully saturated rings. The number of rotatable bonds is 4. The lowest BCUT2D eigenvalue weighted by Gasteiger charge is -2.22. The minimum Gasteiger partial charge on any atom is -0.355 e. The van der Waals surface area contributed by atoms with Crippen LogP contribution >= 0.6 is 0 Å². The second kappa shape index (κ2) is 6.96. The summed E-state index contributed by atoms with van der Waals surface area (Å²) < 4.78 is 37.8. The van der Waals surface area contributed by atoms with Crippen molar-refractivity contribution in [3.8, 4) is 0 Å². The molecule has 1 saturated carbocycles. The lowest BCUT2D eigenvalue weighted by molar-refractivity contribution is -0.137. The number of nitrogens with zero attached hydrogens (tertiary/aromatic N) is 3. The highest BCUT2D eigenvalue weighted by Crippen LogP contribution is 2.29. The summed E-state index contributed by atoms with van der Waals surface area (Å²) >= 11 is 0. The molecule has 8 heteroatoms. The lowest BCUT2D eigenvalue weighted by atomic mass is 10.2. The molecular weight excluding hydrogens is 321 g/mol. The van der Waals surface area contributed by atoms with Gasteiger partial charge in [-0.2, -0.15) is 13.2 Å². The van der Waals surface area contributed by atoms with Crippen LogP contribution in [-0.4, -0.2) is 54.6 Å². The number of nitrogens with one attached hydrogen (secondary N) is 1. The quantitative estimate of drug-likeness (QED) is 0.908. The molecule has 0 aromatic carbocycles. The zero-order chi connectivity index (χ0) is 17.2. The van der Waals surface area contributed by atoms with Crippen molar-refractivity contribution in [3.05, 3.63) is 23.9 Å². The summed E-state index contributed by atoms with van der Waals surface area (Å²) in [5.74, 6) is 0.603. The van der Waals surface area contributed by atoms with Gasteiger partial charge in [-0.15, -0.1) is 0 Å². The fourth-order valence-electron chi connectivity index (χ4n) is 2.80. The maximum absolute atomic E-state index is 12.6. The van der Waals surface area contributed by atoms with E-state index in [0.29, 0.717) is 31.5 Å². The minimum absolute atomic E-state index is 0.0543. The van der Waals surface area contributed by atoms with Crippen LogP contribution in [0.5, 0.6) is 0 Å². The Kier molecular flexibility index (Phi) is 4.93. The third-order valence-electron chi connectivity index (χ3n) is 4.30. The molecule has 1 aromatic rings. The van der Waals surface area contributed by atoms with Crippen molar-refractivity contribution < 1.29 is 18.0 Å². The van der Waals surface area contributed by atoms with E-state index in [9.17, 15) is 18.0 Å². The molecule has 1 N–H and O–H groups in total. The largest absolute Gasteiger partial charge is 0.417 e. The number of pyridine rings is 1. The molecule has 1 aliphatic heterocycles. The van der Waals surface area contributed by atoms with Gasteiger partial charge in [0.25, 0.3) is 0 Å². The van der Waals surface area contributed by atoms with Gasteiger partial charge in [-0.3, -0.25) is 9.69 Å². The first-order valence-corrected chi connectivity index (χ1v) is 8.22. The molecule has 3 rings (SSSR count). The molecule has 24 heavy (non-hydrogen) atoms.